The summed E-state index contributed by atoms with van der Waals surface area (Å²) >= 11 is 0. The first-order valence-electron chi connectivity index (χ1n) is 8.54. The van der Waals surface area contributed by atoms with Gasteiger partial charge in [-0.15, -0.1) is 0 Å². The van der Waals surface area contributed by atoms with Crippen molar-refractivity contribution in [2.45, 2.75) is 73.5 Å². The highest BCUT2D eigenvalue weighted by Crippen LogP contribution is 2.20. The molecular weight excluding hydrogens is 260 g/mol. The van der Waals surface area contributed by atoms with Crippen molar-refractivity contribution < 1.29 is 4.42 Å². The van der Waals surface area contributed by atoms with E-state index in [1.165, 1.54) is 18.4 Å². The molecule has 0 unspecified atom stereocenters. The van der Waals surface area contributed by atoms with Crippen molar-refractivity contribution in [1.29, 1.82) is 0 Å². The Kier molecular flexibility index (Phi) is 8.05. The van der Waals surface area contributed by atoms with Gasteiger partial charge < -0.3 is 9.73 Å². The van der Waals surface area contributed by atoms with Gasteiger partial charge in [0, 0.05) is 12.6 Å². The van der Waals surface area contributed by atoms with Gasteiger partial charge in [0.2, 0.25) is 0 Å². The molecule has 0 aromatic carbocycles. The molecular formula is C18H34N2O. The number of aryl methyl sites for hydroxylation is 1. The molecule has 0 fully saturated rings. The first-order valence-corrected chi connectivity index (χ1v) is 8.54. The maximum atomic E-state index is 6.06. The molecule has 1 aromatic heterocycles. The van der Waals surface area contributed by atoms with E-state index in [1.807, 2.05) is 0 Å². The molecule has 1 rings (SSSR count). The Morgan fingerprint density at radius 3 is 2.38 bits per heavy atom. The van der Waals surface area contributed by atoms with Crippen LogP contribution < -0.4 is 5.32 Å². The van der Waals surface area contributed by atoms with Gasteiger partial charge in [-0.2, -0.15) is 0 Å². The molecule has 0 aliphatic heterocycles. The van der Waals surface area contributed by atoms with Crippen LogP contribution in [-0.4, -0.2) is 24.0 Å². The molecule has 0 aliphatic carbocycles. The number of hydrogen-bond acceptors (Lipinski definition) is 3. The number of hydrogen-bond donors (Lipinski definition) is 1. The number of furan rings is 1. The van der Waals surface area contributed by atoms with Gasteiger partial charge in [0.1, 0.15) is 11.5 Å². The fourth-order valence-corrected chi connectivity index (χ4v) is 2.90. The lowest BCUT2D eigenvalue weighted by atomic mass is 10.1. The molecule has 3 heteroatoms. The molecule has 122 valence electrons. The monoisotopic (exact) mass is 294 g/mol. The van der Waals surface area contributed by atoms with Crippen LogP contribution in [-0.2, 0) is 13.1 Å². The molecule has 0 saturated heterocycles. The predicted molar refractivity (Wildman–Crippen MR) is 90.4 cm³/mol. The third-order valence-corrected chi connectivity index (χ3v) is 4.02. The van der Waals surface area contributed by atoms with E-state index in [4.69, 9.17) is 4.42 Å². The van der Waals surface area contributed by atoms with E-state index in [0.29, 0.717) is 12.0 Å². The van der Waals surface area contributed by atoms with Crippen molar-refractivity contribution in [3.05, 3.63) is 23.2 Å². The largest absolute Gasteiger partial charge is 0.463 e. The van der Waals surface area contributed by atoms with Crippen molar-refractivity contribution in [3.63, 3.8) is 0 Å². The SMILES string of the molecule is CCNCc1oc(CN(CC(C)C)C(CC)CC)cc1C. The van der Waals surface area contributed by atoms with Crippen molar-refractivity contribution in [2.75, 3.05) is 13.1 Å². The van der Waals surface area contributed by atoms with Crippen molar-refractivity contribution in [3.8, 4) is 0 Å². The molecule has 1 heterocycles. The molecule has 0 atom stereocenters. The van der Waals surface area contributed by atoms with Gasteiger partial charge in [0.05, 0.1) is 13.1 Å². The van der Waals surface area contributed by atoms with E-state index in [1.54, 1.807) is 0 Å². The number of rotatable bonds is 10. The summed E-state index contributed by atoms with van der Waals surface area (Å²) < 4.78 is 6.06. The fraction of sp³-hybridized carbons (Fsp3) is 0.778. The third kappa shape index (κ3) is 5.84. The Hall–Kier alpha value is -0.800. The van der Waals surface area contributed by atoms with Crippen LogP contribution in [0.15, 0.2) is 10.5 Å². The van der Waals surface area contributed by atoms with Gasteiger partial charge in [-0.1, -0.05) is 34.6 Å². The average molecular weight is 294 g/mol. The van der Waals surface area contributed by atoms with Crippen molar-refractivity contribution >= 4 is 0 Å². The van der Waals surface area contributed by atoms with Gasteiger partial charge >= 0.3 is 0 Å². The quantitative estimate of drug-likeness (QED) is 0.695. The summed E-state index contributed by atoms with van der Waals surface area (Å²) in [5.41, 5.74) is 1.26. The zero-order valence-electron chi connectivity index (χ0n) is 14.8. The highest BCUT2D eigenvalue weighted by atomic mass is 16.3. The zero-order valence-corrected chi connectivity index (χ0v) is 14.8. The molecule has 0 amide bonds. The lowest BCUT2D eigenvalue weighted by Crippen LogP contribution is -2.36. The molecule has 0 bridgehead atoms. The van der Waals surface area contributed by atoms with E-state index in [0.717, 1.165) is 37.7 Å². The second kappa shape index (κ2) is 9.26. The number of nitrogens with one attached hydrogen (secondary N) is 1. The lowest BCUT2D eigenvalue weighted by Gasteiger charge is -2.31. The predicted octanol–water partition coefficient (Wildman–Crippen LogP) is 4.34. The van der Waals surface area contributed by atoms with Gasteiger partial charge in [-0.05, 0) is 43.9 Å². The molecule has 3 nitrogen and oxygen atoms in total. The van der Waals surface area contributed by atoms with Crippen LogP contribution in [0.4, 0.5) is 0 Å². The van der Waals surface area contributed by atoms with E-state index in [9.17, 15) is 0 Å². The number of nitrogens with zero attached hydrogens (tertiary/aromatic N) is 1. The Bertz CT molecular complexity index is 394. The van der Waals surface area contributed by atoms with Crippen LogP contribution in [0.2, 0.25) is 0 Å². The minimum atomic E-state index is 0.648. The van der Waals surface area contributed by atoms with Gasteiger partial charge in [0.25, 0.3) is 0 Å². The van der Waals surface area contributed by atoms with Crippen LogP contribution in [0.25, 0.3) is 0 Å². The van der Waals surface area contributed by atoms with Gasteiger partial charge in [-0.3, -0.25) is 4.90 Å². The summed E-state index contributed by atoms with van der Waals surface area (Å²) in [4.78, 5) is 2.58. The Morgan fingerprint density at radius 1 is 1.19 bits per heavy atom. The molecule has 0 radical (unpaired) electrons. The molecule has 1 N–H and O–H groups in total. The summed E-state index contributed by atoms with van der Waals surface area (Å²) in [6.45, 7) is 17.3. The van der Waals surface area contributed by atoms with Crippen molar-refractivity contribution in [2.24, 2.45) is 5.92 Å². The summed E-state index contributed by atoms with van der Waals surface area (Å²) in [5.74, 6) is 2.87. The van der Waals surface area contributed by atoms with Crippen LogP contribution >= 0.6 is 0 Å². The van der Waals surface area contributed by atoms with Crippen LogP contribution in [0.5, 0.6) is 0 Å². The van der Waals surface area contributed by atoms with Crippen LogP contribution in [0.3, 0.4) is 0 Å². The molecule has 21 heavy (non-hydrogen) atoms. The van der Waals surface area contributed by atoms with Crippen molar-refractivity contribution in [1.82, 2.24) is 10.2 Å². The van der Waals surface area contributed by atoms with Gasteiger partial charge in [0.15, 0.2) is 0 Å². The van der Waals surface area contributed by atoms with E-state index in [-0.39, 0.29) is 0 Å². The summed E-state index contributed by atoms with van der Waals surface area (Å²) in [7, 11) is 0. The Balaban J connectivity index is 2.77. The molecule has 1 aromatic rings. The summed E-state index contributed by atoms with van der Waals surface area (Å²) in [5, 5.41) is 3.34. The first kappa shape index (κ1) is 18.2. The summed E-state index contributed by atoms with van der Waals surface area (Å²) in [6.07, 6.45) is 2.40. The van der Waals surface area contributed by atoms with E-state index >= 15 is 0 Å². The normalized spacial score (nSPS) is 12.0. The molecule has 0 aliphatic rings. The Labute approximate surface area is 131 Å². The van der Waals surface area contributed by atoms with Crippen LogP contribution in [0.1, 0.15) is 64.5 Å². The topological polar surface area (TPSA) is 28.4 Å². The van der Waals surface area contributed by atoms with E-state index in [2.05, 4.69) is 57.8 Å². The Morgan fingerprint density at radius 2 is 1.86 bits per heavy atom. The standard InChI is InChI=1S/C18H34N2O/c1-7-16(8-2)20(12-14(4)5)13-17-10-15(6)18(21-17)11-19-9-3/h10,14,16,19H,7-9,11-13H2,1-6H3. The second-order valence-electron chi connectivity index (χ2n) is 6.39. The minimum absolute atomic E-state index is 0.648. The first-order chi connectivity index (χ1) is 10.0. The summed E-state index contributed by atoms with van der Waals surface area (Å²) in [6, 6.07) is 2.86. The molecule has 0 spiro atoms. The van der Waals surface area contributed by atoms with Crippen LogP contribution in [0, 0.1) is 12.8 Å². The minimum Gasteiger partial charge on any atom is -0.463 e. The maximum absolute atomic E-state index is 6.06. The van der Waals surface area contributed by atoms with Gasteiger partial charge in [-0.25, -0.2) is 0 Å². The highest BCUT2D eigenvalue weighted by molar-refractivity contribution is 5.20. The second-order valence-corrected chi connectivity index (χ2v) is 6.39. The average Bonchev–Trinajstić information content (AvgIpc) is 2.77. The lowest BCUT2D eigenvalue weighted by molar-refractivity contribution is 0.145. The fourth-order valence-electron chi connectivity index (χ4n) is 2.90. The molecule has 0 saturated carbocycles. The maximum Gasteiger partial charge on any atom is 0.120 e. The van der Waals surface area contributed by atoms with E-state index < -0.39 is 0 Å². The smallest absolute Gasteiger partial charge is 0.120 e. The highest BCUT2D eigenvalue weighted by Gasteiger charge is 2.19. The zero-order chi connectivity index (χ0) is 15.8. The third-order valence-electron chi connectivity index (χ3n) is 4.02.